The number of halogens is 2. The van der Waals surface area contributed by atoms with Gasteiger partial charge in [0.1, 0.15) is 0 Å². The zero-order chi connectivity index (χ0) is 13.8. The summed E-state index contributed by atoms with van der Waals surface area (Å²) in [5, 5.41) is 17.3. The largest absolute Gasteiger partial charge is 0.481 e. The third kappa shape index (κ3) is 15.6. The smallest absolute Gasteiger partial charge is 0.306 e. The molecule has 0 bridgehead atoms. The van der Waals surface area contributed by atoms with Gasteiger partial charge in [-0.2, -0.15) is 0 Å². The van der Waals surface area contributed by atoms with Gasteiger partial charge in [-0.05, 0) is 19.3 Å². The van der Waals surface area contributed by atoms with E-state index in [-0.39, 0.29) is 37.2 Å². The summed E-state index contributed by atoms with van der Waals surface area (Å²) in [6.45, 7) is 1.92. The Kier molecular flexibility index (Phi) is 20.3. The molecule has 0 radical (unpaired) electrons. The van der Waals surface area contributed by atoms with Crippen molar-refractivity contribution in [1.82, 2.24) is 0 Å². The lowest BCUT2D eigenvalue weighted by Gasteiger charge is -2.08. The Balaban J connectivity index is -0.00000144. The minimum atomic E-state index is -0.714. The third-order valence-electron chi connectivity index (χ3n) is 3.29. The van der Waals surface area contributed by atoms with Gasteiger partial charge in [-0.25, -0.2) is 0 Å². The second-order valence-electron chi connectivity index (χ2n) is 4.85. The van der Waals surface area contributed by atoms with Crippen molar-refractivity contribution in [3.05, 3.63) is 0 Å². The molecule has 0 rings (SSSR count). The first-order valence-electron chi connectivity index (χ1n) is 7.02. The fraction of sp³-hybridized carbons (Fsp3) is 0.857. The molecule has 0 aliphatic carbocycles. The molecule has 122 valence electrons. The summed E-state index contributed by atoms with van der Waals surface area (Å²) in [6, 6.07) is 0. The molecule has 0 aromatic heterocycles. The first-order valence-corrected chi connectivity index (χ1v) is 7.02. The van der Waals surface area contributed by atoms with Crippen molar-refractivity contribution < 1.29 is 19.8 Å². The highest BCUT2D eigenvalue weighted by Gasteiger charge is 2.13. The minimum Gasteiger partial charge on any atom is -0.481 e. The molecule has 0 aromatic carbocycles. The van der Waals surface area contributed by atoms with E-state index in [0.29, 0.717) is 6.42 Å². The lowest BCUT2D eigenvalue weighted by molar-refractivity contribution is -0.142. The second kappa shape index (κ2) is 16.6. The highest BCUT2D eigenvalue weighted by atomic mass is 35.5. The maximum absolute atomic E-state index is 10.8. The van der Waals surface area contributed by atoms with Crippen molar-refractivity contribution in [2.75, 3.05) is 0 Å². The van der Waals surface area contributed by atoms with Crippen molar-refractivity contribution >= 4 is 36.8 Å². The van der Waals surface area contributed by atoms with E-state index in [0.717, 1.165) is 51.4 Å². The molecule has 0 aromatic rings. The topological polar surface area (TPSA) is 74.6 Å². The van der Waals surface area contributed by atoms with Crippen LogP contribution in [0.1, 0.15) is 71.1 Å². The zero-order valence-corrected chi connectivity index (χ0v) is 13.8. The van der Waals surface area contributed by atoms with E-state index in [4.69, 9.17) is 10.2 Å². The first-order chi connectivity index (χ1) is 8.57. The predicted molar refractivity (Wildman–Crippen MR) is 85.1 cm³/mol. The average Bonchev–Trinajstić information content (AvgIpc) is 2.31. The number of hydrogen-bond acceptors (Lipinski definition) is 2. The molecular weight excluding hydrogens is 303 g/mol. The zero-order valence-electron chi connectivity index (χ0n) is 12.2. The number of carbonyl (C=O) groups is 2. The third-order valence-corrected chi connectivity index (χ3v) is 3.29. The SMILES string of the molecule is CCC(CCCCCCCCCC(=O)O)C(=O)O.Cl.Cl. The number of rotatable bonds is 12. The van der Waals surface area contributed by atoms with Crippen LogP contribution in [0, 0.1) is 5.92 Å². The maximum atomic E-state index is 10.8. The van der Waals surface area contributed by atoms with Crippen LogP contribution in [0.4, 0.5) is 0 Å². The van der Waals surface area contributed by atoms with Gasteiger partial charge in [-0.1, -0.05) is 45.4 Å². The van der Waals surface area contributed by atoms with E-state index >= 15 is 0 Å². The number of carboxylic acid groups (broad SMARTS) is 2. The second-order valence-corrected chi connectivity index (χ2v) is 4.85. The Morgan fingerprint density at radius 3 is 1.70 bits per heavy atom. The summed E-state index contributed by atoms with van der Waals surface area (Å²) in [4.78, 5) is 21.0. The molecule has 4 nitrogen and oxygen atoms in total. The first kappa shape index (κ1) is 24.5. The van der Waals surface area contributed by atoms with Crippen molar-refractivity contribution in [3.63, 3.8) is 0 Å². The Labute approximate surface area is 134 Å². The average molecular weight is 331 g/mol. The van der Waals surface area contributed by atoms with Gasteiger partial charge >= 0.3 is 11.9 Å². The van der Waals surface area contributed by atoms with Crippen LogP contribution >= 0.6 is 24.8 Å². The fourth-order valence-electron chi connectivity index (χ4n) is 2.05. The van der Waals surface area contributed by atoms with E-state index in [1.807, 2.05) is 6.92 Å². The van der Waals surface area contributed by atoms with E-state index in [1.165, 1.54) is 0 Å². The van der Waals surface area contributed by atoms with Crippen LogP contribution in [0.15, 0.2) is 0 Å². The molecule has 20 heavy (non-hydrogen) atoms. The van der Waals surface area contributed by atoms with E-state index in [9.17, 15) is 9.59 Å². The highest BCUT2D eigenvalue weighted by Crippen LogP contribution is 2.15. The predicted octanol–water partition coefficient (Wildman–Crippen LogP) is 4.54. The number of carboxylic acids is 2. The maximum Gasteiger partial charge on any atom is 0.306 e. The minimum absolute atomic E-state index is 0. The van der Waals surface area contributed by atoms with Gasteiger partial charge in [0.25, 0.3) is 0 Å². The molecule has 0 fully saturated rings. The van der Waals surface area contributed by atoms with Crippen LogP contribution in [0.3, 0.4) is 0 Å². The Morgan fingerprint density at radius 2 is 1.30 bits per heavy atom. The summed E-state index contributed by atoms with van der Waals surface area (Å²) in [6.07, 6.45) is 8.94. The van der Waals surface area contributed by atoms with Crippen molar-refractivity contribution in [2.45, 2.75) is 71.1 Å². The molecule has 0 aliphatic heterocycles. The number of aliphatic carboxylic acids is 2. The van der Waals surface area contributed by atoms with Crippen LogP contribution < -0.4 is 0 Å². The van der Waals surface area contributed by atoms with Gasteiger partial charge in [-0.15, -0.1) is 24.8 Å². The molecule has 6 heteroatoms. The van der Waals surface area contributed by atoms with Crippen LogP contribution in [0.25, 0.3) is 0 Å². The van der Waals surface area contributed by atoms with Gasteiger partial charge < -0.3 is 10.2 Å². The van der Waals surface area contributed by atoms with Gasteiger partial charge in [0, 0.05) is 6.42 Å². The number of hydrogen-bond donors (Lipinski definition) is 2. The summed E-state index contributed by atoms with van der Waals surface area (Å²) < 4.78 is 0. The van der Waals surface area contributed by atoms with Crippen molar-refractivity contribution in [1.29, 1.82) is 0 Å². The summed E-state index contributed by atoms with van der Waals surface area (Å²) in [7, 11) is 0. The van der Waals surface area contributed by atoms with E-state index in [2.05, 4.69) is 0 Å². The summed E-state index contributed by atoms with van der Waals surface area (Å²) in [5.41, 5.74) is 0. The van der Waals surface area contributed by atoms with E-state index < -0.39 is 11.9 Å². The standard InChI is InChI=1S/C14H26O4.2ClH/c1-2-12(14(17)18)10-8-6-4-3-5-7-9-11-13(15)16;;/h12H,2-11H2,1H3,(H,15,16)(H,17,18);2*1H. The Hall–Kier alpha value is -0.480. The molecule has 0 saturated heterocycles. The van der Waals surface area contributed by atoms with Crippen LogP contribution in [0.5, 0.6) is 0 Å². The quantitative estimate of drug-likeness (QED) is 0.515. The van der Waals surface area contributed by atoms with Gasteiger partial charge in [-0.3, -0.25) is 9.59 Å². The highest BCUT2D eigenvalue weighted by molar-refractivity contribution is 5.85. The van der Waals surface area contributed by atoms with Crippen LogP contribution in [-0.2, 0) is 9.59 Å². The van der Waals surface area contributed by atoms with Crippen molar-refractivity contribution in [2.24, 2.45) is 5.92 Å². The molecule has 1 unspecified atom stereocenters. The van der Waals surface area contributed by atoms with Crippen molar-refractivity contribution in [3.8, 4) is 0 Å². The van der Waals surface area contributed by atoms with Gasteiger partial charge in [0.2, 0.25) is 0 Å². The van der Waals surface area contributed by atoms with Crippen LogP contribution in [0.2, 0.25) is 0 Å². The summed E-state index contributed by atoms with van der Waals surface area (Å²) in [5.74, 6) is -1.57. The van der Waals surface area contributed by atoms with E-state index in [1.54, 1.807) is 0 Å². The fourth-order valence-corrected chi connectivity index (χ4v) is 2.05. The van der Waals surface area contributed by atoms with Gasteiger partial charge in [0.15, 0.2) is 0 Å². The molecule has 0 heterocycles. The molecule has 0 saturated carbocycles. The van der Waals surface area contributed by atoms with Gasteiger partial charge in [0.05, 0.1) is 5.92 Å². The lowest BCUT2D eigenvalue weighted by atomic mass is 9.98. The molecule has 0 aliphatic rings. The summed E-state index contributed by atoms with van der Waals surface area (Å²) >= 11 is 0. The normalized spacial score (nSPS) is 11.1. The molecule has 1 atom stereocenters. The molecule has 0 spiro atoms. The number of unbranched alkanes of at least 4 members (excludes halogenated alkanes) is 6. The molecular formula is C14H28Cl2O4. The lowest BCUT2D eigenvalue weighted by Crippen LogP contribution is -2.12. The Bertz CT molecular complexity index is 247. The molecule has 2 N–H and O–H groups in total. The van der Waals surface area contributed by atoms with Crippen LogP contribution in [-0.4, -0.2) is 22.2 Å². The Morgan fingerprint density at radius 1 is 0.850 bits per heavy atom. The molecule has 0 amide bonds. The monoisotopic (exact) mass is 330 g/mol.